The molecule has 2 aromatic rings. The summed E-state index contributed by atoms with van der Waals surface area (Å²) >= 11 is 4.90. The van der Waals surface area contributed by atoms with Gasteiger partial charge in [0.1, 0.15) is 11.9 Å². The Kier molecular flexibility index (Phi) is 6.05. The summed E-state index contributed by atoms with van der Waals surface area (Å²) in [6.45, 7) is 3.31. The van der Waals surface area contributed by atoms with Crippen LogP contribution in [0.15, 0.2) is 50.5 Å². The van der Waals surface area contributed by atoms with Crippen LogP contribution in [0.5, 0.6) is 0 Å². The van der Waals surface area contributed by atoms with Crippen molar-refractivity contribution in [2.45, 2.75) is 25.8 Å². The zero-order valence-corrected chi connectivity index (χ0v) is 20.4. The van der Waals surface area contributed by atoms with Crippen LogP contribution in [0.1, 0.15) is 36.4 Å². The molecule has 1 aliphatic carbocycles. The second kappa shape index (κ2) is 8.98. The van der Waals surface area contributed by atoms with Gasteiger partial charge in [-0.05, 0) is 37.5 Å². The number of rotatable bonds is 5. The fourth-order valence-corrected chi connectivity index (χ4v) is 5.46. The smallest absolute Gasteiger partial charge is 0.338 e. The van der Waals surface area contributed by atoms with E-state index >= 15 is 0 Å². The van der Waals surface area contributed by atoms with Crippen molar-refractivity contribution in [1.82, 2.24) is 14.8 Å². The van der Waals surface area contributed by atoms with Crippen molar-refractivity contribution in [3.05, 3.63) is 61.9 Å². The van der Waals surface area contributed by atoms with Gasteiger partial charge in [0, 0.05) is 35.1 Å². The van der Waals surface area contributed by atoms with Gasteiger partial charge < -0.3 is 14.5 Å². The van der Waals surface area contributed by atoms with E-state index in [9.17, 15) is 14.0 Å². The van der Waals surface area contributed by atoms with Crippen LogP contribution >= 0.6 is 27.3 Å². The highest BCUT2D eigenvalue weighted by atomic mass is 79.9. The summed E-state index contributed by atoms with van der Waals surface area (Å²) < 4.78 is 19.8. The number of fused-ring (bicyclic) bond motifs is 1. The number of aliphatic imine (C=N–C) groups is 1. The molecule has 1 aromatic carbocycles. The van der Waals surface area contributed by atoms with Gasteiger partial charge in [-0.1, -0.05) is 22.0 Å². The summed E-state index contributed by atoms with van der Waals surface area (Å²) in [6, 6.07) is 3.61. The van der Waals surface area contributed by atoms with E-state index < -0.39 is 17.8 Å². The van der Waals surface area contributed by atoms with Crippen LogP contribution < -0.4 is 0 Å². The highest BCUT2D eigenvalue weighted by Gasteiger charge is 2.42. The average Bonchev–Trinajstić information content (AvgIpc) is 3.51. The van der Waals surface area contributed by atoms with Crippen LogP contribution in [0.3, 0.4) is 0 Å². The van der Waals surface area contributed by atoms with E-state index in [1.165, 1.54) is 23.5 Å². The molecule has 0 radical (unpaired) electrons. The van der Waals surface area contributed by atoms with E-state index in [1.54, 1.807) is 19.2 Å². The number of piperazine rings is 1. The SMILES string of the molecule is CCOC(=O)C1=C2CN(C(=O)C3CC3)CCN2C(c2nccs2)=N[C@H]1c1ccc(F)cc1Br. The number of nitrogens with zero attached hydrogens (tertiary/aromatic N) is 4. The number of hydrogen-bond acceptors (Lipinski definition) is 7. The number of carbonyl (C=O) groups is 2. The molecule has 0 N–H and O–H groups in total. The Bertz CT molecular complexity index is 1160. The number of esters is 1. The van der Waals surface area contributed by atoms with Crippen molar-refractivity contribution >= 4 is 45.0 Å². The predicted octanol–water partition coefficient (Wildman–Crippen LogP) is 3.92. The van der Waals surface area contributed by atoms with Crippen molar-refractivity contribution in [3.63, 3.8) is 0 Å². The van der Waals surface area contributed by atoms with E-state index in [1.807, 2.05) is 15.2 Å². The Hall–Kier alpha value is -2.59. The molecule has 172 valence electrons. The van der Waals surface area contributed by atoms with Gasteiger partial charge in [0.2, 0.25) is 5.91 Å². The van der Waals surface area contributed by atoms with Gasteiger partial charge in [-0.15, -0.1) is 11.3 Å². The van der Waals surface area contributed by atoms with Gasteiger partial charge in [0.05, 0.1) is 24.4 Å². The molecular formula is C23H22BrFN4O3S. The minimum Gasteiger partial charge on any atom is -0.463 e. The second-order valence-corrected chi connectivity index (χ2v) is 9.87. The largest absolute Gasteiger partial charge is 0.463 e. The average molecular weight is 533 g/mol. The van der Waals surface area contributed by atoms with Gasteiger partial charge in [-0.25, -0.2) is 14.2 Å². The van der Waals surface area contributed by atoms with E-state index in [2.05, 4.69) is 20.9 Å². The first kappa shape index (κ1) is 22.2. The van der Waals surface area contributed by atoms with Crippen molar-refractivity contribution in [2.24, 2.45) is 10.9 Å². The summed E-state index contributed by atoms with van der Waals surface area (Å²) in [4.78, 5) is 39.3. The zero-order chi connectivity index (χ0) is 23.1. The third-order valence-corrected chi connectivity index (χ3v) is 7.42. The fourth-order valence-electron chi connectivity index (χ4n) is 4.25. The lowest BCUT2D eigenvalue weighted by molar-refractivity contribution is -0.139. The number of amidine groups is 1. The first-order chi connectivity index (χ1) is 16.0. The van der Waals surface area contributed by atoms with Crippen LogP contribution in [0.4, 0.5) is 4.39 Å². The van der Waals surface area contributed by atoms with E-state index in [4.69, 9.17) is 9.73 Å². The number of aromatic nitrogens is 1. The maximum absolute atomic E-state index is 13.9. The molecule has 2 aliphatic heterocycles. The molecule has 0 spiro atoms. The molecule has 1 amide bonds. The minimum absolute atomic E-state index is 0.0842. The molecule has 5 rings (SSSR count). The lowest BCUT2D eigenvalue weighted by Gasteiger charge is -2.42. The van der Waals surface area contributed by atoms with Crippen molar-refractivity contribution in [3.8, 4) is 0 Å². The second-order valence-electron chi connectivity index (χ2n) is 8.12. The van der Waals surface area contributed by atoms with Gasteiger partial charge in [-0.3, -0.25) is 9.79 Å². The summed E-state index contributed by atoms with van der Waals surface area (Å²) in [5, 5.41) is 2.60. The molecule has 1 aromatic heterocycles. The van der Waals surface area contributed by atoms with E-state index in [-0.39, 0.29) is 18.4 Å². The minimum atomic E-state index is -0.722. The third kappa shape index (κ3) is 4.21. The quantitative estimate of drug-likeness (QED) is 0.545. The van der Waals surface area contributed by atoms with E-state index in [0.717, 1.165) is 17.8 Å². The standard InChI is InChI=1S/C23H22BrFN4O3S/c1-2-32-23(31)18-17-12-28(22(30)13-3-4-13)8-9-29(17)20(21-26-7-10-33-21)27-19(18)15-6-5-14(25)11-16(15)24/h5-7,10-11,13,19H,2-4,8-9,12H2,1H3/t19-/m0/s1. The highest BCUT2D eigenvalue weighted by Crippen LogP contribution is 2.41. The van der Waals surface area contributed by atoms with Crippen molar-refractivity contribution < 1.29 is 18.7 Å². The summed E-state index contributed by atoms with van der Waals surface area (Å²) in [5.41, 5.74) is 1.71. The van der Waals surface area contributed by atoms with Crippen molar-refractivity contribution in [2.75, 3.05) is 26.2 Å². The molecule has 2 fully saturated rings. The first-order valence-corrected chi connectivity index (χ1v) is 12.5. The van der Waals surface area contributed by atoms with Crippen molar-refractivity contribution in [1.29, 1.82) is 0 Å². The number of halogens is 2. The maximum atomic E-state index is 13.9. The fraction of sp³-hybridized carbons (Fsp3) is 0.391. The molecule has 1 saturated heterocycles. The summed E-state index contributed by atoms with van der Waals surface area (Å²) in [7, 11) is 0. The van der Waals surface area contributed by atoms with Gasteiger partial charge in [0.15, 0.2) is 10.8 Å². The Balaban J connectivity index is 1.66. The molecule has 3 heterocycles. The Morgan fingerprint density at radius 1 is 1.30 bits per heavy atom. The van der Waals surface area contributed by atoms with Crippen LogP contribution in [0.25, 0.3) is 0 Å². The lowest BCUT2D eigenvalue weighted by atomic mass is 9.93. The van der Waals surface area contributed by atoms with Crippen LogP contribution in [-0.2, 0) is 14.3 Å². The number of carbonyl (C=O) groups excluding carboxylic acids is 2. The number of thiazole rings is 1. The number of benzene rings is 1. The van der Waals surface area contributed by atoms with E-state index in [0.29, 0.717) is 46.8 Å². The maximum Gasteiger partial charge on any atom is 0.338 e. The molecule has 33 heavy (non-hydrogen) atoms. The third-order valence-electron chi connectivity index (χ3n) is 5.97. The van der Waals surface area contributed by atoms with Gasteiger partial charge in [-0.2, -0.15) is 0 Å². The molecule has 0 bridgehead atoms. The summed E-state index contributed by atoms with van der Waals surface area (Å²) in [5.74, 6) is -0.0188. The number of hydrogen-bond donors (Lipinski definition) is 0. The van der Waals surface area contributed by atoms with Gasteiger partial charge in [0.25, 0.3) is 0 Å². The van der Waals surface area contributed by atoms with Crippen LogP contribution in [0, 0.1) is 11.7 Å². The first-order valence-electron chi connectivity index (χ1n) is 10.9. The highest BCUT2D eigenvalue weighted by molar-refractivity contribution is 9.10. The molecule has 3 aliphatic rings. The molecule has 7 nitrogen and oxygen atoms in total. The molecule has 1 atom stereocenters. The number of ether oxygens (including phenoxy) is 1. The normalized spacial score (nSPS) is 20.5. The Morgan fingerprint density at radius 3 is 2.79 bits per heavy atom. The zero-order valence-electron chi connectivity index (χ0n) is 18.0. The molecule has 1 saturated carbocycles. The molecular weight excluding hydrogens is 511 g/mol. The molecule has 10 heteroatoms. The Labute approximate surface area is 203 Å². The van der Waals surface area contributed by atoms with Gasteiger partial charge >= 0.3 is 5.97 Å². The topological polar surface area (TPSA) is 75.1 Å². The van der Waals surface area contributed by atoms with Crippen LogP contribution in [0.2, 0.25) is 0 Å². The number of amides is 1. The monoisotopic (exact) mass is 532 g/mol. The summed E-state index contributed by atoms with van der Waals surface area (Å²) in [6.07, 6.45) is 3.54. The van der Waals surface area contributed by atoms with Crippen LogP contribution in [-0.4, -0.2) is 58.7 Å². The Morgan fingerprint density at radius 2 is 2.12 bits per heavy atom. The lowest BCUT2D eigenvalue weighted by Crippen LogP contribution is -2.52. The molecule has 0 unspecified atom stereocenters. The predicted molar refractivity (Wildman–Crippen MR) is 125 cm³/mol.